The maximum absolute atomic E-state index is 7.92. The highest BCUT2D eigenvalue weighted by molar-refractivity contribution is 9.10. The monoisotopic (exact) mass is 461 g/mol. The number of hydrogen-bond donors (Lipinski definition) is 3. The topological polar surface area (TPSA) is 71.1 Å². The molecule has 30 heavy (non-hydrogen) atoms. The largest absolute Gasteiger partial charge is 0.496 e. The van der Waals surface area contributed by atoms with E-state index in [0.29, 0.717) is 5.92 Å². The van der Waals surface area contributed by atoms with Crippen molar-refractivity contribution in [1.29, 1.82) is 5.41 Å². The second-order valence-electron chi connectivity index (χ2n) is 8.10. The van der Waals surface area contributed by atoms with Crippen LogP contribution < -0.4 is 15.8 Å². The Labute approximate surface area is 185 Å². The quantitative estimate of drug-likeness (QED) is 0.350. The van der Waals surface area contributed by atoms with Crippen LogP contribution >= 0.6 is 15.9 Å². The molecule has 152 valence electrons. The van der Waals surface area contributed by atoms with Gasteiger partial charge in [-0.25, -0.2) is 0 Å². The first-order valence-electron chi connectivity index (χ1n) is 10.2. The van der Waals surface area contributed by atoms with Gasteiger partial charge in [-0.15, -0.1) is 0 Å². The highest BCUT2D eigenvalue weighted by Crippen LogP contribution is 2.54. The van der Waals surface area contributed by atoms with Crippen molar-refractivity contribution in [1.82, 2.24) is 0 Å². The average Bonchev–Trinajstić information content (AvgIpc) is 2.77. The molecular formula is C25H24BrN3O. The van der Waals surface area contributed by atoms with Crippen LogP contribution in [0.2, 0.25) is 0 Å². The molecule has 0 radical (unpaired) electrons. The van der Waals surface area contributed by atoms with E-state index >= 15 is 0 Å². The lowest BCUT2D eigenvalue weighted by atomic mass is 9.65. The predicted molar refractivity (Wildman–Crippen MR) is 125 cm³/mol. The number of halogens is 1. The van der Waals surface area contributed by atoms with E-state index in [1.165, 1.54) is 22.3 Å². The van der Waals surface area contributed by atoms with Crippen molar-refractivity contribution in [2.75, 3.05) is 12.4 Å². The number of benzene rings is 3. The van der Waals surface area contributed by atoms with Crippen LogP contribution in [0.5, 0.6) is 5.75 Å². The minimum absolute atomic E-state index is 0.106. The summed E-state index contributed by atoms with van der Waals surface area (Å²) in [6.45, 7) is 0. The van der Waals surface area contributed by atoms with Crippen LogP contribution in [0.3, 0.4) is 0 Å². The van der Waals surface area contributed by atoms with E-state index in [1.54, 1.807) is 7.11 Å². The molecule has 1 heterocycles. The smallest absolute Gasteiger partial charge is 0.124 e. The Morgan fingerprint density at radius 2 is 1.90 bits per heavy atom. The average molecular weight is 462 g/mol. The lowest BCUT2D eigenvalue weighted by Crippen LogP contribution is -2.36. The third kappa shape index (κ3) is 3.08. The number of rotatable bonds is 3. The van der Waals surface area contributed by atoms with Gasteiger partial charge in [0.05, 0.1) is 13.2 Å². The van der Waals surface area contributed by atoms with Crippen LogP contribution in [0.25, 0.3) is 0 Å². The second-order valence-corrected chi connectivity index (χ2v) is 9.02. The molecule has 1 aliphatic heterocycles. The number of amidine groups is 1. The first-order valence-corrected chi connectivity index (χ1v) is 11.0. The van der Waals surface area contributed by atoms with Gasteiger partial charge in [-0.3, -0.25) is 5.41 Å². The van der Waals surface area contributed by atoms with E-state index in [4.69, 9.17) is 15.9 Å². The molecule has 0 spiro atoms. The second kappa shape index (κ2) is 7.47. The molecule has 1 aliphatic carbocycles. The van der Waals surface area contributed by atoms with Gasteiger partial charge in [-0.05, 0) is 71.8 Å². The Kier molecular flexibility index (Phi) is 4.78. The summed E-state index contributed by atoms with van der Waals surface area (Å²) in [6.07, 6.45) is 2.15. The summed E-state index contributed by atoms with van der Waals surface area (Å²) in [5.74, 6) is 1.63. The number of anilines is 1. The number of hydrogen-bond acceptors (Lipinski definition) is 3. The standard InChI is InChI=1S/C25H24BrN3O/c1-30-22-11-8-16(26)13-20(22)24-18-9-6-14-4-2-3-5-17(14)23(18)19-12-15(25(27)28)7-10-21(19)29-24/h2-5,7-8,10-13,18,23-24,29H,6,9H2,1H3,(H3,27,28). The summed E-state index contributed by atoms with van der Waals surface area (Å²) in [4.78, 5) is 0. The predicted octanol–water partition coefficient (Wildman–Crippen LogP) is 5.60. The SMILES string of the molecule is COc1ccc(Br)cc1C1Nc2ccc(C(=N)N)cc2C2c3ccccc3CCC12. The zero-order chi connectivity index (χ0) is 20.8. The maximum Gasteiger partial charge on any atom is 0.124 e. The number of aryl methyl sites for hydroxylation is 1. The van der Waals surface area contributed by atoms with Gasteiger partial charge in [0.1, 0.15) is 11.6 Å². The van der Waals surface area contributed by atoms with Gasteiger partial charge in [0.25, 0.3) is 0 Å². The summed E-state index contributed by atoms with van der Waals surface area (Å²) >= 11 is 3.64. The molecule has 3 aromatic carbocycles. The van der Waals surface area contributed by atoms with Crippen molar-refractivity contribution in [3.05, 3.63) is 93.0 Å². The lowest BCUT2D eigenvalue weighted by molar-refractivity contribution is 0.335. The molecule has 4 nitrogen and oxygen atoms in total. The molecule has 0 fully saturated rings. The molecule has 3 unspecified atom stereocenters. The minimum Gasteiger partial charge on any atom is -0.496 e. The summed E-state index contributed by atoms with van der Waals surface area (Å²) < 4.78 is 6.78. The van der Waals surface area contributed by atoms with Crippen molar-refractivity contribution in [3.63, 3.8) is 0 Å². The molecule has 0 saturated carbocycles. The van der Waals surface area contributed by atoms with Crippen LogP contribution in [0, 0.1) is 11.3 Å². The molecule has 3 atom stereocenters. The molecule has 2 aliphatic rings. The van der Waals surface area contributed by atoms with Gasteiger partial charge in [-0.2, -0.15) is 0 Å². The molecule has 0 amide bonds. The van der Waals surface area contributed by atoms with Crippen LogP contribution in [-0.2, 0) is 6.42 Å². The highest BCUT2D eigenvalue weighted by atomic mass is 79.9. The van der Waals surface area contributed by atoms with E-state index in [2.05, 4.69) is 63.7 Å². The lowest BCUT2D eigenvalue weighted by Gasteiger charge is -2.45. The molecule has 4 N–H and O–H groups in total. The molecule has 0 aromatic heterocycles. The first-order chi connectivity index (χ1) is 14.6. The van der Waals surface area contributed by atoms with Crippen molar-refractivity contribution in [2.45, 2.75) is 24.8 Å². The van der Waals surface area contributed by atoms with Gasteiger partial charge in [0.15, 0.2) is 0 Å². The third-order valence-electron chi connectivity index (χ3n) is 6.53. The zero-order valence-electron chi connectivity index (χ0n) is 16.8. The Hall–Kier alpha value is -2.79. The fourth-order valence-corrected chi connectivity index (χ4v) is 5.57. The van der Waals surface area contributed by atoms with Crippen molar-refractivity contribution in [2.24, 2.45) is 11.7 Å². The highest BCUT2D eigenvalue weighted by Gasteiger charge is 2.42. The molecule has 5 rings (SSSR count). The number of nitrogens with one attached hydrogen (secondary N) is 2. The molecule has 3 aromatic rings. The van der Waals surface area contributed by atoms with Gasteiger partial charge in [0.2, 0.25) is 0 Å². The van der Waals surface area contributed by atoms with Gasteiger partial charge in [0, 0.05) is 27.2 Å². The van der Waals surface area contributed by atoms with Crippen LogP contribution in [0.4, 0.5) is 5.69 Å². The van der Waals surface area contributed by atoms with Crippen molar-refractivity contribution >= 4 is 27.5 Å². The van der Waals surface area contributed by atoms with Crippen molar-refractivity contribution in [3.8, 4) is 5.75 Å². The summed E-state index contributed by atoms with van der Waals surface area (Å²) in [5.41, 5.74) is 12.9. The molecule has 0 saturated heterocycles. The van der Waals surface area contributed by atoms with Gasteiger partial charge < -0.3 is 15.8 Å². The number of fused-ring (bicyclic) bond motifs is 5. The fraction of sp³-hybridized carbons (Fsp3) is 0.240. The summed E-state index contributed by atoms with van der Waals surface area (Å²) in [6, 6.07) is 21.2. The molecule has 5 heteroatoms. The number of nitrogens with two attached hydrogens (primary N) is 1. The van der Waals surface area contributed by atoms with E-state index < -0.39 is 0 Å². The van der Waals surface area contributed by atoms with Crippen LogP contribution in [0.1, 0.15) is 46.2 Å². The minimum atomic E-state index is 0.106. The third-order valence-corrected chi connectivity index (χ3v) is 7.02. The number of nitrogen functional groups attached to an aromatic ring is 1. The zero-order valence-corrected chi connectivity index (χ0v) is 18.4. The van der Waals surface area contributed by atoms with E-state index in [-0.39, 0.29) is 17.8 Å². The Morgan fingerprint density at radius 3 is 2.70 bits per heavy atom. The first kappa shape index (κ1) is 19.2. The number of methoxy groups -OCH3 is 1. The van der Waals surface area contributed by atoms with Crippen LogP contribution in [-0.4, -0.2) is 12.9 Å². The fourth-order valence-electron chi connectivity index (χ4n) is 5.19. The van der Waals surface area contributed by atoms with E-state index in [1.807, 2.05) is 18.2 Å². The normalized spacial score (nSPS) is 21.6. The van der Waals surface area contributed by atoms with Gasteiger partial charge >= 0.3 is 0 Å². The van der Waals surface area contributed by atoms with Gasteiger partial charge in [-0.1, -0.05) is 40.2 Å². The van der Waals surface area contributed by atoms with E-state index in [0.717, 1.165) is 34.3 Å². The van der Waals surface area contributed by atoms with E-state index in [9.17, 15) is 0 Å². The molecular weight excluding hydrogens is 438 g/mol. The number of ether oxygens (including phenoxy) is 1. The maximum atomic E-state index is 7.92. The summed E-state index contributed by atoms with van der Waals surface area (Å²) in [7, 11) is 1.73. The van der Waals surface area contributed by atoms with Crippen molar-refractivity contribution < 1.29 is 4.74 Å². The summed E-state index contributed by atoms with van der Waals surface area (Å²) in [5, 5.41) is 11.7. The van der Waals surface area contributed by atoms with Crippen LogP contribution in [0.15, 0.2) is 65.1 Å². The molecule has 0 bridgehead atoms. The Morgan fingerprint density at radius 1 is 1.07 bits per heavy atom. The Bertz CT molecular complexity index is 1140. The Balaban J connectivity index is 1.72.